The lowest BCUT2D eigenvalue weighted by Crippen LogP contribution is -2.08. The Morgan fingerprint density at radius 3 is 2.31 bits per heavy atom. The maximum Gasteiger partial charge on any atom is 0.419 e. The van der Waals surface area contributed by atoms with Gasteiger partial charge in [0.15, 0.2) is 0 Å². The average Bonchev–Trinajstić information content (AvgIpc) is 2.16. The van der Waals surface area contributed by atoms with Gasteiger partial charge >= 0.3 is 6.18 Å². The van der Waals surface area contributed by atoms with Crippen molar-refractivity contribution in [3.8, 4) is 0 Å². The molecule has 0 bridgehead atoms. The highest BCUT2D eigenvalue weighted by atomic mass is 19.4. The molecule has 0 aliphatic carbocycles. The summed E-state index contributed by atoms with van der Waals surface area (Å²) in [5.74, 6) is -1.10. The second-order valence-electron chi connectivity index (χ2n) is 3.93. The highest BCUT2D eigenvalue weighted by molar-refractivity contribution is 5.28. The van der Waals surface area contributed by atoms with Gasteiger partial charge in [0.1, 0.15) is 5.82 Å². The Kier molecular flexibility index (Phi) is 3.94. The third kappa shape index (κ3) is 2.97. The molecule has 0 amide bonds. The molecule has 0 aliphatic rings. The molecule has 0 aliphatic heterocycles. The van der Waals surface area contributed by atoms with E-state index in [1.807, 2.05) is 13.8 Å². The van der Waals surface area contributed by atoms with E-state index >= 15 is 0 Å². The second-order valence-corrected chi connectivity index (χ2v) is 3.93. The summed E-state index contributed by atoms with van der Waals surface area (Å²) in [5, 5.41) is 0. The van der Waals surface area contributed by atoms with Crippen LogP contribution in [0.5, 0.6) is 0 Å². The SMILES string of the molecule is CCCC(C)c1ccc(C(F)(F)F)c(F)c1. The van der Waals surface area contributed by atoms with E-state index < -0.39 is 17.6 Å². The fraction of sp³-hybridized carbons (Fsp3) is 0.500. The summed E-state index contributed by atoms with van der Waals surface area (Å²) >= 11 is 0. The summed E-state index contributed by atoms with van der Waals surface area (Å²) in [7, 11) is 0. The molecule has 1 rings (SSSR count). The first-order chi connectivity index (χ1) is 7.36. The molecule has 90 valence electrons. The molecule has 0 N–H and O–H groups in total. The van der Waals surface area contributed by atoms with E-state index in [1.54, 1.807) is 0 Å². The van der Waals surface area contributed by atoms with Gasteiger partial charge in [-0.15, -0.1) is 0 Å². The smallest absolute Gasteiger partial charge is 0.206 e. The maximum absolute atomic E-state index is 13.2. The minimum atomic E-state index is -4.61. The van der Waals surface area contributed by atoms with E-state index in [9.17, 15) is 17.6 Å². The molecular weight excluding hydrogens is 220 g/mol. The van der Waals surface area contributed by atoms with Crippen LogP contribution in [-0.2, 0) is 6.18 Å². The number of halogens is 4. The molecule has 0 nitrogen and oxygen atoms in total. The first kappa shape index (κ1) is 13.0. The summed E-state index contributed by atoms with van der Waals surface area (Å²) in [6.45, 7) is 3.86. The highest BCUT2D eigenvalue weighted by Crippen LogP contribution is 2.33. The molecule has 1 unspecified atom stereocenters. The van der Waals surface area contributed by atoms with Gasteiger partial charge in [-0.3, -0.25) is 0 Å². The van der Waals surface area contributed by atoms with Gasteiger partial charge in [0.05, 0.1) is 5.56 Å². The largest absolute Gasteiger partial charge is 0.419 e. The fourth-order valence-electron chi connectivity index (χ4n) is 1.67. The zero-order valence-corrected chi connectivity index (χ0v) is 9.24. The Bertz CT molecular complexity index is 355. The lowest BCUT2D eigenvalue weighted by Gasteiger charge is -2.13. The van der Waals surface area contributed by atoms with Crippen LogP contribution in [0.2, 0.25) is 0 Å². The molecule has 4 heteroatoms. The third-order valence-corrected chi connectivity index (χ3v) is 2.59. The van der Waals surface area contributed by atoms with Gasteiger partial charge in [-0.25, -0.2) is 4.39 Å². The van der Waals surface area contributed by atoms with Crippen LogP contribution in [0.15, 0.2) is 18.2 Å². The van der Waals surface area contributed by atoms with Crippen LogP contribution >= 0.6 is 0 Å². The number of hydrogen-bond acceptors (Lipinski definition) is 0. The van der Waals surface area contributed by atoms with E-state index in [4.69, 9.17) is 0 Å². The van der Waals surface area contributed by atoms with Gasteiger partial charge < -0.3 is 0 Å². The van der Waals surface area contributed by atoms with Crippen molar-refractivity contribution in [1.29, 1.82) is 0 Å². The Balaban J connectivity index is 3.00. The van der Waals surface area contributed by atoms with E-state index in [0.717, 1.165) is 25.0 Å². The van der Waals surface area contributed by atoms with E-state index in [0.29, 0.717) is 5.56 Å². The minimum Gasteiger partial charge on any atom is -0.206 e. The zero-order valence-electron chi connectivity index (χ0n) is 9.24. The van der Waals surface area contributed by atoms with Crippen molar-refractivity contribution in [2.24, 2.45) is 0 Å². The van der Waals surface area contributed by atoms with Crippen LogP contribution in [0, 0.1) is 5.82 Å². The van der Waals surface area contributed by atoms with E-state index in [1.165, 1.54) is 6.07 Å². The number of alkyl halides is 3. The molecule has 0 saturated heterocycles. The van der Waals surface area contributed by atoms with Crippen LogP contribution in [-0.4, -0.2) is 0 Å². The normalized spacial score (nSPS) is 13.9. The standard InChI is InChI=1S/C12H14F4/c1-3-4-8(2)9-5-6-10(11(13)7-9)12(14,15)16/h5-8H,3-4H2,1-2H3. The van der Waals surface area contributed by atoms with E-state index in [-0.39, 0.29) is 5.92 Å². The Labute approximate surface area is 92.3 Å². The lowest BCUT2D eigenvalue weighted by atomic mass is 9.95. The Morgan fingerprint density at radius 1 is 1.25 bits per heavy atom. The molecule has 0 fully saturated rings. The topological polar surface area (TPSA) is 0 Å². The first-order valence-corrected chi connectivity index (χ1v) is 5.23. The summed E-state index contributed by atoms with van der Waals surface area (Å²) in [6.07, 6.45) is -2.86. The summed E-state index contributed by atoms with van der Waals surface area (Å²) < 4.78 is 50.1. The van der Waals surface area contributed by atoms with Gasteiger partial charge in [-0.05, 0) is 30.0 Å². The van der Waals surface area contributed by atoms with Crippen LogP contribution in [0.3, 0.4) is 0 Å². The van der Waals surface area contributed by atoms with Crippen molar-refractivity contribution in [3.05, 3.63) is 35.1 Å². The molecule has 16 heavy (non-hydrogen) atoms. The monoisotopic (exact) mass is 234 g/mol. The molecule has 1 aromatic carbocycles. The van der Waals surface area contributed by atoms with E-state index in [2.05, 4.69) is 0 Å². The molecule has 0 radical (unpaired) electrons. The van der Waals surface area contributed by atoms with Crippen LogP contribution in [0.4, 0.5) is 17.6 Å². The molecule has 0 heterocycles. The van der Waals surface area contributed by atoms with Crippen molar-refractivity contribution in [2.75, 3.05) is 0 Å². The third-order valence-electron chi connectivity index (χ3n) is 2.59. The number of rotatable bonds is 3. The predicted octanol–water partition coefficient (Wildman–Crippen LogP) is 4.75. The summed E-state index contributed by atoms with van der Waals surface area (Å²) in [4.78, 5) is 0. The first-order valence-electron chi connectivity index (χ1n) is 5.23. The van der Waals surface area contributed by atoms with Crippen molar-refractivity contribution >= 4 is 0 Å². The summed E-state index contributed by atoms with van der Waals surface area (Å²) in [5.41, 5.74) is -0.577. The van der Waals surface area contributed by atoms with Crippen LogP contribution in [0.25, 0.3) is 0 Å². The molecule has 0 spiro atoms. The molecule has 1 aromatic rings. The Morgan fingerprint density at radius 2 is 1.88 bits per heavy atom. The van der Waals surface area contributed by atoms with Gasteiger partial charge in [0, 0.05) is 0 Å². The number of hydrogen-bond donors (Lipinski definition) is 0. The molecular formula is C12H14F4. The maximum atomic E-state index is 13.2. The summed E-state index contributed by atoms with van der Waals surface area (Å²) in [6, 6.07) is 3.16. The van der Waals surface area contributed by atoms with Crippen molar-refractivity contribution in [1.82, 2.24) is 0 Å². The number of benzene rings is 1. The predicted molar refractivity (Wildman–Crippen MR) is 54.7 cm³/mol. The molecule has 0 aromatic heterocycles. The lowest BCUT2D eigenvalue weighted by molar-refractivity contribution is -0.140. The molecule has 0 saturated carbocycles. The van der Waals surface area contributed by atoms with Crippen molar-refractivity contribution in [2.45, 2.75) is 38.8 Å². The van der Waals surface area contributed by atoms with Crippen LogP contribution in [0.1, 0.15) is 43.7 Å². The van der Waals surface area contributed by atoms with Gasteiger partial charge in [-0.1, -0.05) is 26.3 Å². The molecule has 1 atom stereocenters. The van der Waals surface area contributed by atoms with Gasteiger partial charge in [0.2, 0.25) is 0 Å². The van der Waals surface area contributed by atoms with Crippen LogP contribution < -0.4 is 0 Å². The van der Waals surface area contributed by atoms with Crippen molar-refractivity contribution in [3.63, 3.8) is 0 Å². The minimum absolute atomic E-state index is 0.0850. The quantitative estimate of drug-likeness (QED) is 0.662. The van der Waals surface area contributed by atoms with Gasteiger partial charge in [-0.2, -0.15) is 13.2 Å². The fourth-order valence-corrected chi connectivity index (χ4v) is 1.67. The zero-order chi connectivity index (χ0) is 12.3. The second kappa shape index (κ2) is 4.85. The van der Waals surface area contributed by atoms with Gasteiger partial charge in [0.25, 0.3) is 0 Å². The highest BCUT2D eigenvalue weighted by Gasteiger charge is 2.34. The Hall–Kier alpha value is -1.06. The average molecular weight is 234 g/mol. The van der Waals surface area contributed by atoms with Crippen molar-refractivity contribution < 1.29 is 17.6 Å².